The highest BCUT2D eigenvalue weighted by atomic mass is 16.5. The van der Waals surface area contributed by atoms with Crippen molar-refractivity contribution in [1.29, 1.82) is 0 Å². The fourth-order valence-electron chi connectivity index (χ4n) is 1.33. The van der Waals surface area contributed by atoms with E-state index in [1.54, 1.807) is 0 Å². The summed E-state index contributed by atoms with van der Waals surface area (Å²) in [5.74, 6) is 0.263. The molecule has 0 saturated heterocycles. The maximum atomic E-state index is 11.6. The van der Waals surface area contributed by atoms with Gasteiger partial charge in [0.2, 0.25) is 0 Å². The van der Waals surface area contributed by atoms with Gasteiger partial charge < -0.3 is 9.47 Å². The van der Waals surface area contributed by atoms with Crippen molar-refractivity contribution in [2.45, 2.75) is 66.4 Å². The first-order chi connectivity index (χ1) is 8.13. The molecule has 0 spiro atoms. The van der Waals surface area contributed by atoms with Gasteiger partial charge in [-0.15, -0.1) is 0 Å². The summed E-state index contributed by atoms with van der Waals surface area (Å²) in [6, 6.07) is 0. The summed E-state index contributed by atoms with van der Waals surface area (Å²) < 4.78 is 11.1. The molecule has 0 radical (unpaired) electrons. The number of ketones is 1. The molecule has 0 rings (SSSR count). The predicted molar refractivity (Wildman–Crippen MR) is 74.8 cm³/mol. The van der Waals surface area contributed by atoms with Crippen LogP contribution < -0.4 is 0 Å². The maximum absolute atomic E-state index is 11.6. The van der Waals surface area contributed by atoms with Gasteiger partial charge in [-0.25, -0.2) is 0 Å². The average molecular weight is 258 g/mol. The summed E-state index contributed by atoms with van der Waals surface area (Å²) in [6.45, 7) is 14.0. The van der Waals surface area contributed by atoms with E-state index < -0.39 is 0 Å². The van der Waals surface area contributed by atoms with Gasteiger partial charge in [-0.1, -0.05) is 20.8 Å². The third kappa shape index (κ3) is 10.7. The van der Waals surface area contributed by atoms with E-state index in [1.807, 2.05) is 20.8 Å². The molecule has 0 saturated carbocycles. The molecule has 0 aliphatic carbocycles. The zero-order chi connectivity index (χ0) is 14.2. The van der Waals surface area contributed by atoms with Crippen molar-refractivity contribution >= 4 is 5.78 Å². The van der Waals surface area contributed by atoms with Crippen LogP contribution >= 0.6 is 0 Å². The molecule has 0 heterocycles. The summed E-state index contributed by atoms with van der Waals surface area (Å²) in [5.41, 5.74) is -0.302. The van der Waals surface area contributed by atoms with E-state index in [4.69, 9.17) is 9.47 Å². The molecule has 0 aromatic heterocycles. The molecular formula is C15H30O3. The number of rotatable bonds is 8. The molecule has 108 valence electrons. The molecule has 3 heteroatoms. The van der Waals surface area contributed by atoms with Gasteiger partial charge in [0, 0.05) is 25.0 Å². The minimum absolute atomic E-state index is 0.0556. The average Bonchev–Trinajstić information content (AvgIpc) is 2.18. The van der Waals surface area contributed by atoms with E-state index >= 15 is 0 Å². The number of hydrogen-bond donors (Lipinski definition) is 0. The van der Waals surface area contributed by atoms with Crippen molar-refractivity contribution in [3.63, 3.8) is 0 Å². The molecule has 0 unspecified atom stereocenters. The molecule has 0 N–H and O–H groups in total. The van der Waals surface area contributed by atoms with Crippen LogP contribution in [0.3, 0.4) is 0 Å². The Kier molecular flexibility index (Phi) is 7.72. The van der Waals surface area contributed by atoms with E-state index in [9.17, 15) is 4.79 Å². The first kappa shape index (κ1) is 17.6. The van der Waals surface area contributed by atoms with Crippen LogP contribution in [-0.2, 0) is 14.3 Å². The molecular weight excluding hydrogens is 228 g/mol. The summed E-state index contributed by atoms with van der Waals surface area (Å²) in [6.07, 6.45) is 2.51. The van der Waals surface area contributed by atoms with Gasteiger partial charge in [0.05, 0.1) is 12.2 Å². The highest BCUT2D eigenvalue weighted by Crippen LogP contribution is 2.16. The maximum Gasteiger partial charge on any atom is 0.140 e. The number of carbonyl (C=O) groups is 1. The van der Waals surface area contributed by atoms with Gasteiger partial charge in [0.15, 0.2) is 0 Å². The van der Waals surface area contributed by atoms with Gasteiger partial charge >= 0.3 is 0 Å². The first-order valence-electron chi connectivity index (χ1n) is 6.88. The molecule has 0 amide bonds. The number of Topliss-reactive ketones (excluding diaryl/α,β-unsaturated/α-hetero) is 1. The van der Waals surface area contributed by atoms with Gasteiger partial charge in [0.1, 0.15) is 5.78 Å². The van der Waals surface area contributed by atoms with Crippen molar-refractivity contribution in [2.75, 3.05) is 19.8 Å². The number of unbranched alkanes of at least 4 members (excludes halogenated alkanes) is 1. The molecule has 0 aromatic carbocycles. The predicted octanol–water partition coefficient (Wildman–Crippen LogP) is 3.60. The Morgan fingerprint density at radius 2 is 1.44 bits per heavy atom. The standard InChI is InChI=1S/C15H30O3/c1-14(2,3)13(16)9-12-17-10-7-8-11-18-15(4,5)6/h7-12H2,1-6H3. The lowest BCUT2D eigenvalue weighted by atomic mass is 9.89. The van der Waals surface area contributed by atoms with E-state index in [0.29, 0.717) is 19.6 Å². The minimum Gasteiger partial charge on any atom is -0.381 e. The largest absolute Gasteiger partial charge is 0.381 e. The summed E-state index contributed by atoms with van der Waals surface area (Å²) >= 11 is 0. The van der Waals surface area contributed by atoms with Crippen LogP contribution in [0.1, 0.15) is 60.8 Å². The number of hydrogen-bond acceptors (Lipinski definition) is 3. The SMILES string of the molecule is CC(C)(C)OCCCCOCCC(=O)C(C)(C)C. The van der Waals surface area contributed by atoms with Crippen molar-refractivity contribution in [3.8, 4) is 0 Å². The molecule has 0 bridgehead atoms. The van der Waals surface area contributed by atoms with Crippen LogP contribution in [0.5, 0.6) is 0 Å². The third-order valence-electron chi connectivity index (χ3n) is 2.53. The van der Waals surface area contributed by atoms with E-state index in [2.05, 4.69) is 20.8 Å². The van der Waals surface area contributed by atoms with Crippen molar-refractivity contribution < 1.29 is 14.3 Å². The zero-order valence-electron chi connectivity index (χ0n) is 13.0. The van der Waals surface area contributed by atoms with E-state index in [1.165, 1.54) is 0 Å². The van der Waals surface area contributed by atoms with Gasteiger partial charge in [-0.2, -0.15) is 0 Å². The second kappa shape index (κ2) is 7.90. The van der Waals surface area contributed by atoms with Crippen LogP contribution in [-0.4, -0.2) is 31.2 Å². The van der Waals surface area contributed by atoms with Crippen LogP contribution in [0, 0.1) is 5.41 Å². The Morgan fingerprint density at radius 1 is 0.889 bits per heavy atom. The van der Waals surface area contributed by atoms with E-state index in [0.717, 1.165) is 19.4 Å². The zero-order valence-corrected chi connectivity index (χ0v) is 13.0. The monoisotopic (exact) mass is 258 g/mol. The molecule has 0 aliphatic rings. The lowest BCUT2D eigenvalue weighted by Crippen LogP contribution is -2.21. The Morgan fingerprint density at radius 3 is 1.94 bits per heavy atom. The number of ether oxygens (including phenoxy) is 2. The quantitative estimate of drug-likeness (QED) is 0.624. The van der Waals surface area contributed by atoms with Crippen LogP contribution in [0.15, 0.2) is 0 Å². The van der Waals surface area contributed by atoms with Crippen molar-refractivity contribution in [1.82, 2.24) is 0 Å². The van der Waals surface area contributed by atoms with Gasteiger partial charge in [0.25, 0.3) is 0 Å². The smallest absolute Gasteiger partial charge is 0.140 e. The van der Waals surface area contributed by atoms with Crippen LogP contribution in [0.4, 0.5) is 0 Å². The molecule has 0 fully saturated rings. The molecule has 3 nitrogen and oxygen atoms in total. The Labute approximate surface area is 112 Å². The molecule has 0 atom stereocenters. The Bertz CT molecular complexity index is 233. The Balaban J connectivity index is 3.35. The van der Waals surface area contributed by atoms with E-state index in [-0.39, 0.29) is 16.8 Å². The van der Waals surface area contributed by atoms with Crippen molar-refractivity contribution in [2.24, 2.45) is 5.41 Å². The van der Waals surface area contributed by atoms with Crippen LogP contribution in [0.25, 0.3) is 0 Å². The molecule has 18 heavy (non-hydrogen) atoms. The normalized spacial score (nSPS) is 12.8. The second-order valence-electron chi connectivity index (χ2n) is 6.70. The third-order valence-corrected chi connectivity index (χ3v) is 2.53. The van der Waals surface area contributed by atoms with Gasteiger partial charge in [-0.3, -0.25) is 4.79 Å². The summed E-state index contributed by atoms with van der Waals surface area (Å²) in [4.78, 5) is 11.6. The van der Waals surface area contributed by atoms with Crippen molar-refractivity contribution in [3.05, 3.63) is 0 Å². The second-order valence-corrected chi connectivity index (χ2v) is 6.70. The fraction of sp³-hybridized carbons (Fsp3) is 0.933. The lowest BCUT2D eigenvalue weighted by Gasteiger charge is -2.19. The summed E-state index contributed by atoms with van der Waals surface area (Å²) in [7, 11) is 0. The van der Waals surface area contributed by atoms with Crippen LogP contribution in [0.2, 0.25) is 0 Å². The molecule has 0 aliphatic heterocycles. The number of carbonyl (C=O) groups excluding carboxylic acids is 1. The highest BCUT2D eigenvalue weighted by molar-refractivity contribution is 5.83. The Hall–Kier alpha value is -0.410. The first-order valence-corrected chi connectivity index (χ1v) is 6.88. The summed E-state index contributed by atoms with van der Waals surface area (Å²) in [5, 5.41) is 0. The topological polar surface area (TPSA) is 35.5 Å². The fourth-order valence-corrected chi connectivity index (χ4v) is 1.33. The lowest BCUT2D eigenvalue weighted by molar-refractivity contribution is -0.127. The molecule has 0 aromatic rings. The minimum atomic E-state index is -0.246. The van der Waals surface area contributed by atoms with Gasteiger partial charge in [-0.05, 0) is 33.6 Å². The highest BCUT2D eigenvalue weighted by Gasteiger charge is 2.20.